The third-order valence-electron chi connectivity index (χ3n) is 6.45. The van der Waals surface area contributed by atoms with E-state index in [4.69, 9.17) is 9.84 Å². The number of carbonyl (C=O) groups is 1. The van der Waals surface area contributed by atoms with E-state index >= 15 is 0 Å². The van der Waals surface area contributed by atoms with Crippen molar-refractivity contribution in [3.63, 3.8) is 0 Å². The quantitative estimate of drug-likeness (QED) is 0.467. The fourth-order valence-electron chi connectivity index (χ4n) is 4.21. The number of amides is 1. The minimum atomic E-state index is -0.311. The molecule has 1 heterocycles. The Labute approximate surface area is 187 Å². The highest BCUT2D eigenvalue weighted by atomic mass is 19.1. The smallest absolute Gasteiger partial charge is 0.225 e. The summed E-state index contributed by atoms with van der Waals surface area (Å²) in [5.74, 6) is 1.80. The van der Waals surface area contributed by atoms with Crippen LogP contribution in [0, 0.1) is 17.7 Å². The van der Waals surface area contributed by atoms with Crippen molar-refractivity contribution in [2.24, 2.45) is 18.9 Å². The molecule has 0 N–H and O–H groups in total. The molecule has 32 heavy (non-hydrogen) atoms. The van der Waals surface area contributed by atoms with Gasteiger partial charge in [0.2, 0.25) is 11.8 Å². The van der Waals surface area contributed by atoms with Gasteiger partial charge in [-0.15, -0.1) is 0 Å². The number of ether oxygens (including phenoxy) is 1. The highest BCUT2D eigenvalue weighted by Gasteiger charge is 2.34. The second kappa shape index (κ2) is 8.77. The maximum atomic E-state index is 13.4. The molecular weight excluding hydrogens is 405 g/mol. The van der Waals surface area contributed by atoms with Crippen LogP contribution in [-0.2, 0) is 18.4 Å². The predicted octanol–water partition coefficient (Wildman–Crippen LogP) is 5.56. The standard InChI is InChI=1S/C26H28FN3O2/c1-29-26(32-22-14-12-21(27)13-15-22)23(24(28-29)19-6-3-2-4-7-19)17-30(16-18-10-11-18)25(31)20-8-5-9-20/h2-4,6-7,12-15,18,20H,5,8-11,16-17H2,1H3. The second-order valence-electron chi connectivity index (χ2n) is 8.97. The Morgan fingerprint density at radius 3 is 2.44 bits per heavy atom. The van der Waals surface area contributed by atoms with Gasteiger partial charge in [0.05, 0.1) is 12.1 Å². The summed E-state index contributed by atoms with van der Waals surface area (Å²) in [6.07, 6.45) is 5.47. The van der Waals surface area contributed by atoms with E-state index in [2.05, 4.69) is 0 Å². The van der Waals surface area contributed by atoms with Gasteiger partial charge in [0.15, 0.2) is 0 Å². The lowest BCUT2D eigenvalue weighted by Gasteiger charge is -2.32. The van der Waals surface area contributed by atoms with Crippen LogP contribution in [0.4, 0.5) is 4.39 Å². The van der Waals surface area contributed by atoms with Crippen LogP contribution in [0.3, 0.4) is 0 Å². The van der Waals surface area contributed by atoms with E-state index in [1.54, 1.807) is 16.8 Å². The predicted molar refractivity (Wildman–Crippen MR) is 121 cm³/mol. The molecule has 2 saturated carbocycles. The third kappa shape index (κ3) is 4.40. The number of hydrogen-bond donors (Lipinski definition) is 0. The van der Waals surface area contributed by atoms with Crippen molar-refractivity contribution in [3.8, 4) is 22.9 Å². The highest BCUT2D eigenvalue weighted by Crippen LogP contribution is 2.38. The average Bonchev–Trinajstić information content (AvgIpc) is 3.53. The molecule has 2 aromatic carbocycles. The van der Waals surface area contributed by atoms with Crippen molar-refractivity contribution >= 4 is 5.91 Å². The van der Waals surface area contributed by atoms with Gasteiger partial charge in [-0.2, -0.15) is 5.10 Å². The Bertz CT molecular complexity index is 1090. The van der Waals surface area contributed by atoms with Crippen molar-refractivity contribution in [2.75, 3.05) is 6.54 Å². The average molecular weight is 434 g/mol. The fraction of sp³-hybridized carbons (Fsp3) is 0.385. The van der Waals surface area contributed by atoms with E-state index in [9.17, 15) is 9.18 Å². The molecule has 1 amide bonds. The summed E-state index contributed by atoms with van der Waals surface area (Å²) in [6, 6.07) is 15.9. The Balaban J connectivity index is 1.52. The number of benzene rings is 2. The molecule has 166 valence electrons. The van der Waals surface area contributed by atoms with Crippen molar-refractivity contribution in [3.05, 3.63) is 66.0 Å². The Morgan fingerprint density at radius 2 is 1.81 bits per heavy atom. The minimum Gasteiger partial charge on any atom is -0.439 e. The van der Waals surface area contributed by atoms with Crippen LogP contribution < -0.4 is 4.74 Å². The zero-order valence-electron chi connectivity index (χ0n) is 18.3. The van der Waals surface area contributed by atoms with Gasteiger partial charge in [0, 0.05) is 25.1 Å². The second-order valence-corrected chi connectivity index (χ2v) is 8.97. The van der Waals surface area contributed by atoms with Crippen LogP contribution in [0.1, 0.15) is 37.7 Å². The molecule has 0 atom stereocenters. The summed E-state index contributed by atoms with van der Waals surface area (Å²) < 4.78 is 21.3. The topological polar surface area (TPSA) is 47.4 Å². The first-order chi connectivity index (χ1) is 15.6. The number of halogens is 1. The van der Waals surface area contributed by atoms with Crippen LogP contribution in [0.2, 0.25) is 0 Å². The summed E-state index contributed by atoms with van der Waals surface area (Å²) in [7, 11) is 1.84. The van der Waals surface area contributed by atoms with E-state index in [1.807, 2.05) is 42.3 Å². The van der Waals surface area contributed by atoms with Crippen molar-refractivity contribution in [2.45, 2.75) is 38.6 Å². The molecule has 0 saturated heterocycles. The molecule has 5 nitrogen and oxygen atoms in total. The first kappa shape index (κ1) is 20.7. The summed E-state index contributed by atoms with van der Waals surface area (Å²) in [5.41, 5.74) is 2.68. The normalized spacial score (nSPS) is 15.9. The minimum absolute atomic E-state index is 0.145. The van der Waals surface area contributed by atoms with Gasteiger partial charge in [0.1, 0.15) is 17.3 Å². The molecule has 6 heteroatoms. The molecule has 3 aromatic rings. The van der Waals surface area contributed by atoms with Crippen molar-refractivity contribution in [1.29, 1.82) is 0 Å². The van der Waals surface area contributed by atoms with Gasteiger partial charge in [-0.3, -0.25) is 4.79 Å². The highest BCUT2D eigenvalue weighted by molar-refractivity contribution is 5.80. The molecule has 2 fully saturated rings. The van der Waals surface area contributed by atoms with E-state index in [0.717, 1.165) is 42.6 Å². The maximum absolute atomic E-state index is 13.4. The monoisotopic (exact) mass is 433 g/mol. The largest absolute Gasteiger partial charge is 0.439 e. The van der Waals surface area contributed by atoms with Gasteiger partial charge in [-0.25, -0.2) is 9.07 Å². The first-order valence-corrected chi connectivity index (χ1v) is 11.4. The molecule has 0 bridgehead atoms. The van der Waals surface area contributed by atoms with Gasteiger partial charge in [-0.1, -0.05) is 36.8 Å². The van der Waals surface area contributed by atoms with Crippen LogP contribution in [0.25, 0.3) is 11.3 Å². The lowest BCUT2D eigenvalue weighted by molar-refractivity contribution is -0.139. The van der Waals surface area contributed by atoms with E-state index in [1.165, 1.54) is 25.0 Å². The molecular formula is C26H28FN3O2. The van der Waals surface area contributed by atoms with E-state index in [-0.39, 0.29) is 17.6 Å². The number of aryl methyl sites for hydroxylation is 1. The number of nitrogens with zero attached hydrogens (tertiary/aromatic N) is 3. The number of rotatable bonds is 8. The van der Waals surface area contributed by atoms with Gasteiger partial charge < -0.3 is 9.64 Å². The lowest BCUT2D eigenvalue weighted by atomic mass is 9.84. The van der Waals surface area contributed by atoms with E-state index in [0.29, 0.717) is 24.1 Å². The maximum Gasteiger partial charge on any atom is 0.225 e. The Morgan fingerprint density at radius 1 is 1.09 bits per heavy atom. The molecule has 5 rings (SSSR count). The summed E-state index contributed by atoms with van der Waals surface area (Å²) in [5, 5.41) is 4.76. The van der Waals surface area contributed by atoms with Crippen LogP contribution in [0.5, 0.6) is 11.6 Å². The van der Waals surface area contributed by atoms with Gasteiger partial charge in [0.25, 0.3) is 0 Å². The van der Waals surface area contributed by atoms with Crippen LogP contribution >= 0.6 is 0 Å². The molecule has 0 spiro atoms. The zero-order valence-corrected chi connectivity index (χ0v) is 18.3. The van der Waals surface area contributed by atoms with Crippen molar-refractivity contribution in [1.82, 2.24) is 14.7 Å². The molecule has 1 aromatic heterocycles. The molecule has 0 unspecified atom stereocenters. The van der Waals surface area contributed by atoms with Gasteiger partial charge in [-0.05, 0) is 55.9 Å². The molecule has 2 aliphatic rings. The first-order valence-electron chi connectivity index (χ1n) is 11.4. The van der Waals surface area contributed by atoms with Crippen molar-refractivity contribution < 1.29 is 13.9 Å². The molecule has 2 aliphatic carbocycles. The Hall–Kier alpha value is -3.15. The molecule has 0 radical (unpaired) electrons. The zero-order chi connectivity index (χ0) is 22.1. The van der Waals surface area contributed by atoms with E-state index < -0.39 is 0 Å². The number of hydrogen-bond acceptors (Lipinski definition) is 3. The van der Waals surface area contributed by atoms with Gasteiger partial charge >= 0.3 is 0 Å². The SMILES string of the molecule is Cn1nc(-c2ccccc2)c(CN(CC2CC2)C(=O)C2CCC2)c1Oc1ccc(F)cc1. The third-order valence-corrected chi connectivity index (χ3v) is 6.45. The number of aromatic nitrogens is 2. The fourth-order valence-corrected chi connectivity index (χ4v) is 4.21. The molecule has 0 aliphatic heterocycles. The van der Waals surface area contributed by atoms with Crippen LogP contribution in [0.15, 0.2) is 54.6 Å². The summed E-state index contributed by atoms with van der Waals surface area (Å²) >= 11 is 0. The Kier molecular flexibility index (Phi) is 5.68. The summed E-state index contributed by atoms with van der Waals surface area (Å²) in [4.78, 5) is 15.3. The number of carbonyl (C=O) groups excluding carboxylic acids is 1. The lowest BCUT2D eigenvalue weighted by Crippen LogP contribution is -2.39. The summed E-state index contributed by atoms with van der Waals surface area (Å²) in [6.45, 7) is 1.24. The van der Waals surface area contributed by atoms with Crippen LogP contribution in [-0.4, -0.2) is 27.1 Å².